The Hall–Kier alpha value is -3.74. The summed E-state index contributed by atoms with van der Waals surface area (Å²) >= 11 is 0. The van der Waals surface area contributed by atoms with Crippen molar-refractivity contribution in [2.75, 3.05) is 51.5 Å². The van der Waals surface area contributed by atoms with Gasteiger partial charge >= 0.3 is 0 Å². The first-order chi connectivity index (χ1) is 18.8. The van der Waals surface area contributed by atoms with Gasteiger partial charge in [0, 0.05) is 31.7 Å². The van der Waals surface area contributed by atoms with Gasteiger partial charge in [-0.1, -0.05) is 54.6 Å². The minimum Gasteiger partial charge on any atom is -0.493 e. The maximum absolute atomic E-state index is 6.24. The summed E-state index contributed by atoms with van der Waals surface area (Å²) in [5.74, 6) is 2.43. The van der Waals surface area contributed by atoms with Crippen LogP contribution in [-0.4, -0.2) is 52.6 Å². The molecule has 1 aliphatic rings. The van der Waals surface area contributed by atoms with Crippen LogP contribution >= 0.6 is 0 Å². The lowest BCUT2D eigenvalue weighted by Gasteiger charge is -2.37. The fraction of sp³-hybridized carbons (Fsp3) is 0.312. The van der Waals surface area contributed by atoms with E-state index in [1.165, 1.54) is 22.0 Å². The van der Waals surface area contributed by atoms with E-state index in [0.29, 0.717) is 26.4 Å². The van der Waals surface area contributed by atoms with Crippen LogP contribution in [0.15, 0.2) is 91.0 Å². The van der Waals surface area contributed by atoms with E-state index < -0.39 is 0 Å². The molecule has 0 unspecified atom stereocenters. The molecule has 6 nitrogen and oxygen atoms in total. The Morgan fingerprint density at radius 1 is 0.816 bits per heavy atom. The molecule has 0 aliphatic carbocycles. The topological polar surface area (TPSA) is 52.2 Å². The Bertz CT molecular complexity index is 1290. The molecule has 5 rings (SSSR count). The predicted molar refractivity (Wildman–Crippen MR) is 153 cm³/mol. The summed E-state index contributed by atoms with van der Waals surface area (Å²) in [5, 5.41) is 5.94. The summed E-state index contributed by atoms with van der Waals surface area (Å²) in [7, 11) is 1.65. The highest BCUT2D eigenvalue weighted by Gasteiger charge is 2.23. The first-order valence-electron chi connectivity index (χ1n) is 13.3. The van der Waals surface area contributed by atoms with Crippen molar-refractivity contribution in [3.63, 3.8) is 0 Å². The number of nitrogens with zero attached hydrogens (tertiary/aromatic N) is 1. The minimum atomic E-state index is 0.264. The van der Waals surface area contributed by atoms with Crippen LogP contribution in [0.2, 0.25) is 0 Å². The van der Waals surface area contributed by atoms with E-state index in [0.717, 1.165) is 43.3 Å². The number of ether oxygens (including phenoxy) is 4. The van der Waals surface area contributed by atoms with E-state index in [2.05, 4.69) is 76.9 Å². The van der Waals surface area contributed by atoms with Crippen molar-refractivity contribution < 1.29 is 18.9 Å². The van der Waals surface area contributed by atoms with E-state index in [1.807, 2.05) is 24.3 Å². The smallest absolute Gasteiger partial charge is 0.161 e. The second-order valence-electron chi connectivity index (χ2n) is 9.44. The highest BCUT2D eigenvalue weighted by Crippen LogP contribution is 2.26. The quantitative estimate of drug-likeness (QED) is 0.246. The largest absolute Gasteiger partial charge is 0.493 e. The molecule has 0 aromatic heterocycles. The number of rotatable bonds is 12. The third kappa shape index (κ3) is 6.77. The maximum atomic E-state index is 6.24. The van der Waals surface area contributed by atoms with Crippen molar-refractivity contribution in [1.82, 2.24) is 5.32 Å². The zero-order chi connectivity index (χ0) is 26.0. The first-order valence-corrected chi connectivity index (χ1v) is 13.3. The normalized spacial score (nSPS) is 15.4. The molecule has 0 spiro atoms. The van der Waals surface area contributed by atoms with Crippen molar-refractivity contribution in [3.8, 4) is 17.2 Å². The molecule has 0 radical (unpaired) electrons. The zero-order valence-electron chi connectivity index (χ0n) is 22.0. The summed E-state index contributed by atoms with van der Waals surface area (Å²) in [6.07, 6.45) is 0.815. The lowest BCUT2D eigenvalue weighted by atomic mass is 10.1. The van der Waals surface area contributed by atoms with Crippen molar-refractivity contribution in [2.24, 2.45) is 0 Å². The van der Waals surface area contributed by atoms with Crippen LogP contribution in [-0.2, 0) is 11.3 Å². The molecule has 1 atom stereocenters. The lowest BCUT2D eigenvalue weighted by molar-refractivity contribution is 0.107. The number of para-hydroxylation sites is 2. The molecule has 38 heavy (non-hydrogen) atoms. The molecule has 1 N–H and O–H groups in total. The molecule has 0 bridgehead atoms. The Morgan fingerprint density at radius 3 is 2.45 bits per heavy atom. The highest BCUT2D eigenvalue weighted by molar-refractivity contribution is 5.83. The van der Waals surface area contributed by atoms with Crippen LogP contribution in [0.25, 0.3) is 10.8 Å². The maximum Gasteiger partial charge on any atom is 0.161 e. The second-order valence-corrected chi connectivity index (χ2v) is 9.44. The van der Waals surface area contributed by atoms with Gasteiger partial charge in [0.25, 0.3) is 0 Å². The van der Waals surface area contributed by atoms with E-state index in [4.69, 9.17) is 18.9 Å². The van der Waals surface area contributed by atoms with Gasteiger partial charge in [0.1, 0.15) is 12.4 Å². The van der Waals surface area contributed by atoms with E-state index in [1.54, 1.807) is 7.11 Å². The molecule has 4 aromatic rings. The lowest BCUT2D eigenvalue weighted by Crippen LogP contribution is -2.54. The number of nitrogens with one attached hydrogen (secondary N) is 1. The summed E-state index contributed by atoms with van der Waals surface area (Å²) in [5.41, 5.74) is 2.38. The zero-order valence-corrected chi connectivity index (χ0v) is 22.0. The minimum absolute atomic E-state index is 0.264. The summed E-state index contributed by atoms with van der Waals surface area (Å²) in [6.45, 7) is 5.27. The Labute approximate surface area is 225 Å². The van der Waals surface area contributed by atoms with Gasteiger partial charge in [-0.15, -0.1) is 0 Å². The summed E-state index contributed by atoms with van der Waals surface area (Å²) in [4.78, 5) is 2.44. The number of piperazine rings is 1. The third-order valence-electron chi connectivity index (χ3n) is 6.81. The molecule has 0 saturated carbocycles. The number of fused-ring (bicyclic) bond motifs is 1. The van der Waals surface area contributed by atoms with E-state index in [-0.39, 0.29) is 6.04 Å². The molecule has 1 fully saturated rings. The van der Waals surface area contributed by atoms with Crippen LogP contribution < -0.4 is 24.4 Å². The van der Waals surface area contributed by atoms with Crippen LogP contribution in [0.3, 0.4) is 0 Å². The molecular weight excluding hydrogens is 476 g/mol. The monoisotopic (exact) mass is 512 g/mol. The van der Waals surface area contributed by atoms with Crippen molar-refractivity contribution >= 4 is 16.5 Å². The number of methoxy groups -OCH3 is 1. The van der Waals surface area contributed by atoms with Gasteiger partial charge in [0.05, 0.1) is 33.0 Å². The van der Waals surface area contributed by atoms with Gasteiger partial charge in [0.15, 0.2) is 11.5 Å². The molecule has 1 heterocycles. The number of hydrogen-bond acceptors (Lipinski definition) is 6. The Morgan fingerprint density at radius 2 is 1.61 bits per heavy atom. The molecule has 6 heteroatoms. The number of benzene rings is 4. The highest BCUT2D eigenvalue weighted by atomic mass is 16.5. The summed E-state index contributed by atoms with van der Waals surface area (Å²) < 4.78 is 23.3. The summed E-state index contributed by atoms with van der Waals surface area (Å²) in [6, 6.07) is 31.3. The van der Waals surface area contributed by atoms with E-state index >= 15 is 0 Å². The van der Waals surface area contributed by atoms with Crippen LogP contribution in [0.1, 0.15) is 12.0 Å². The van der Waals surface area contributed by atoms with Crippen LogP contribution in [0.5, 0.6) is 17.2 Å². The molecular formula is C32H36N2O4. The predicted octanol–water partition coefficient (Wildman–Crippen LogP) is 5.69. The number of anilines is 1. The van der Waals surface area contributed by atoms with Gasteiger partial charge in [-0.2, -0.15) is 0 Å². The SMILES string of the molecule is COc1ccccc1OCCCOCc1ccc(N2CCNC[C@@H]2COc2ccc3ccccc3c2)cc1. The molecule has 1 aliphatic heterocycles. The Balaban J connectivity index is 1.08. The fourth-order valence-corrected chi connectivity index (χ4v) is 4.75. The first kappa shape index (κ1) is 25.9. The third-order valence-corrected chi connectivity index (χ3v) is 6.81. The van der Waals surface area contributed by atoms with Gasteiger partial charge < -0.3 is 29.2 Å². The van der Waals surface area contributed by atoms with Gasteiger partial charge in [0.2, 0.25) is 0 Å². The number of hydrogen-bond donors (Lipinski definition) is 1. The van der Waals surface area contributed by atoms with Crippen LogP contribution in [0, 0.1) is 0 Å². The fourth-order valence-electron chi connectivity index (χ4n) is 4.75. The Kier molecular flexibility index (Phi) is 8.98. The molecule has 1 saturated heterocycles. The van der Waals surface area contributed by atoms with Crippen LogP contribution in [0.4, 0.5) is 5.69 Å². The molecule has 4 aromatic carbocycles. The second kappa shape index (κ2) is 13.2. The average Bonchev–Trinajstić information content (AvgIpc) is 2.98. The standard InChI is InChI=1S/C32H36N2O4/c1-35-31-9-4-5-10-32(31)37-20-6-19-36-23-25-11-14-28(15-12-25)34-18-17-33-22-29(34)24-38-30-16-13-26-7-2-3-8-27(26)21-30/h2-5,7-16,21,29,33H,6,17-20,22-24H2,1H3/t29-/m1/s1. The van der Waals surface area contributed by atoms with Crippen molar-refractivity contribution in [1.29, 1.82) is 0 Å². The van der Waals surface area contributed by atoms with Gasteiger partial charge in [-0.3, -0.25) is 0 Å². The van der Waals surface area contributed by atoms with Gasteiger partial charge in [-0.05, 0) is 52.7 Å². The van der Waals surface area contributed by atoms with Crippen molar-refractivity contribution in [3.05, 3.63) is 96.6 Å². The average molecular weight is 513 g/mol. The van der Waals surface area contributed by atoms with Crippen molar-refractivity contribution in [2.45, 2.75) is 19.1 Å². The van der Waals surface area contributed by atoms with E-state index in [9.17, 15) is 0 Å². The molecule has 0 amide bonds. The molecule has 198 valence electrons. The van der Waals surface area contributed by atoms with Gasteiger partial charge in [-0.25, -0.2) is 0 Å².